The van der Waals surface area contributed by atoms with Gasteiger partial charge >= 0.3 is 6.18 Å². The summed E-state index contributed by atoms with van der Waals surface area (Å²) >= 11 is 6.94. The summed E-state index contributed by atoms with van der Waals surface area (Å²) in [6.45, 7) is -1.19. The summed E-state index contributed by atoms with van der Waals surface area (Å²) < 4.78 is 39.5. The molecule has 0 unspecified atom stereocenters. The number of nitrogens with zero attached hydrogens (tertiary/aromatic N) is 1. The van der Waals surface area contributed by atoms with Crippen LogP contribution in [0.4, 0.5) is 13.2 Å². The van der Waals surface area contributed by atoms with E-state index in [4.69, 9.17) is 11.6 Å². The predicted molar refractivity (Wildman–Crippen MR) is 52.2 cm³/mol. The fourth-order valence-corrected chi connectivity index (χ4v) is 1.86. The predicted octanol–water partition coefficient (Wildman–Crippen LogP) is 3.00. The molecule has 86 valence electrons. The number of halogens is 4. The van der Waals surface area contributed by atoms with Crippen LogP contribution in [0.15, 0.2) is 6.20 Å². The molecule has 1 rings (SSSR count). The van der Waals surface area contributed by atoms with Gasteiger partial charge in [0.25, 0.3) is 0 Å². The third-order valence-corrected chi connectivity index (χ3v) is 2.96. The Morgan fingerprint density at radius 2 is 2.20 bits per heavy atom. The topological polar surface area (TPSA) is 22.1 Å². The molecule has 0 saturated carbocycles. The summed E-state index contributed by atoms with van der Waals surface area (Å²) in [5, 5.41) is 0.743. The number of rotatable bonds is 5. The molecule has 0 amide bonds. The smallest absolute Gasteiger partial charge is 0.372 e. The molecular formula is C8H9ClF3NOS. The Hall–Kier alpha value is -0.330. The first kappa shape index (κ1) is 12.7. The molecule has 0 aliphatic rings. The van der Waals surface area contributed by atoms with Crippen LogP contribution in [0.25, 0.3) is 0 Å². The van der Waals surface area contributed by atoms with Gasteiger partial charge in [0.2, 0.25) is 0 Å². The van der Waals surface area contributed by atoms with E-state index < -0.39 is 12.8 Å². The molecule has 0 spiro atoms. The van der Waals surface area contributed by atoms with E-state index in [2.05, 4.69) is 9.72 Å². The maximum Gasteiger partial charge on any atom is 0.411 e. The van der Waals surface area contributed by atoms with Gasteiger partial charge in [0.1, 0.15) is 6.61 Å². The highest BCUT2D eigenvalue weighted by Gasteiger charge is 2.27. The van der Waals surface area contributed by atoms with Crippen LogP contribution >= 0.6 is 22.9 Å². The molecule has 0 fully saturated rings. The Morgan fingerprint density at radius 1 is 1.47 bits per heavy atom. The van der Waals surface area contributed by atoms with E-state index in [1.807, 2.05) is 0 Å². The van der Waals surface area contributed by atoms with E-state index in [0.717, 1.165) is 9.88 Å². The van der Waals surface area contributed by atoms with Crippen molar-refractivity contribution in [1.82, 2.24) is 4.98 Å². The van der Waals surface area contributed by atoms with Crippen molar-refractivity contribution in [2.75, 3.05) is 13.2 Å². The van der Waals surface area contributed by atoms with Gasteiger partial charge in [0.15, 0.2) is 0 Å². The largest absolute Gasteiger partial charge is 0.411 e. The SMILES string of the molecule is FC(F)(F)COCCc1ncc(CCl)s1. The molecule has 15 heavy (non-hydrogen) atoms. The van der Waals surface area contributed by atoms with Crippen LogP contribution in [0.1, 0.15) is 9.88 Å². The molecule has 7 heteroatoms. The molecular weight excluding hydrogens is 251 g/mol. The van der Waals surface area contributed by atoms with E-state index in [1.54, 1.807) is 6.20 Å². The third-order valence-electron chi connectivity index (χ3n) is 1.46. The third kappa shape index (κ3) is 5.34. The van der Waals surface area contributed by atoms with Gasteiger partial charge in [0, 0.05) is 17.5 Å². The number of thiazole rings is 1. The van der Waals surface area contributed by atoms with E-state index >= 15 is 0 Å². The molecule has 2 nitrogen and oxygen atoms in total. The second-order valence-corrected chi connectivity index (χ2v) is 4.24. The van der Waals surface area contributed by atoms with E-state index in [9.17, 15) is 13.2 Å². The van der Waals surface area contributed by atoms with Gasteiger partial charge in [-0.3, -0.25) is 0 Å². The first-order valence-corrected chi connectivity index (χ1v) is 5.50. The van der Waals surface area contributed by atoms with Crippen LogP contribution < -0.4 is 0 Å². The van der Waals surface area contributed by atoms with Crippen molar-refractivity contribution in [2.45, 2.75) is 18.5 Å². The van der Waals surface area contributed by atoms with Crippen molar-refractivity contribution < 1.29 is 17.9 Å². The van der Waals surface area contributed by atoms with Gasteiger partial charge in [-0.05, 0) is 0 Å². The van der Waals surface area contributed by atoms with Gasteiger partial charge in [0.05, 0.1) is 17.5 Å². The first-order valence-electron chi connectivity index (χ1n) is 4.15. The van der Waals surface area contributed by atoms with Crippen molar-refractivity contribution in [3.63, 3.8) is 0 Å². The van der Waals surface area contributed by atoms with Crippen LogP contribution in [0, 0.1) is 0 Å². The average molecular weight is 260 g/mol. The molecule has 0 aliphatic carbocycles. The normalized spacial score (nSPS) is 12.0. The summed E-state index contributed by atoms with van der Waals surface area (Å²) in [6, 6.07) is 0. The van der Waals surface area contributed by atoms with Crippen molar-refractivity contribution in [3.8, 4) is 0 Å². The zero-order valence-corrected chi connectivity index (χ0v) is 9.25. The second kappa shape index (κ2) is 5.67. The van der Waals surface area contributed by atoms with Gasteiger partial charge in [-0.15, -0.1) is 22.9 Å². The minimum absolute atomic E-state index is 0.0226. The minimum Gasteiger partial charge on any atom is -0.372 e. The number of aromatic nitrogens is 1. The zero-order chi connectivity index (χ0) is 11.3. The van der Waals surface area contributed by atoms with Crippen molar-refractivity contribution >= 4 is 22.9 Å². The summed E-state index contributed by atoms with van der Waals surface area (Å²) in [4.78, 5) is 4.90. The fraction of sp³-hybridized carbons (Fsp3) is 0.625. The molecule has 0 aromatic carbocycles. The van der Waals surface area contributed by atoms with Gasteiger partial charge in [-0.25, -0.2) is 4.98 Å². The number of ether oxygens (including phenoxy) is 1. The van der Waals surface area contributed by atoms with E-state index in [1.165, 1.54) is 11.3 Å². The standard InChI is InChI=1S/C8H9ClF3NOS/c9-3-6-4-13-7(15-6)1-2-14-5-8(10,11)12/h4H,1-3,5H2. The molecule has 1 heterocycles. The van der Waals surface area contributed by atoms with Crippen LogP contribution in [0.2, 0.25) is 0 Å². The van der Waals surface area contributed by atoms with Crippen molar-refractivity contribution in [1.29, 1.82) is 0 Å². The summed E-state index contributed by atoms with van der Waals surface area (Å²) in [5.41, 5.74) is 0. The lowest BCUT2D eigenvalue weighted by atomic mass is 10.5. The zero-order valence-electron chi connectivity index (χ0n) is 7.68. The fourth-order valence-electron chi connectivity index (χ4n) is 0.873. The van der Waals surface area contributed by atoms with Crippen LogP contribution in [-0.4, -0.2) is 24.4 Å². The Bertz CT molecular complexity index is 302. The molecule has 0 N–H and O–H groups in total. The Labute approximate surface area is 94.0 Å². The molecule has 0 aliphatic heterocycles. The molecule has 0 saturated heterocycles. The Morgan fingerprint density at radius 3 is 2.73 bits per heavy atom. The maximum atomic E-state index is 11.7. The lowest BCUT2D eigenvalue weighted by Crippen LogP contribution is -2.17. The molecule has 0 atom stereocenters. The Kier molecular flexibility index (Phi) is 4.82. The van der Waals surface area contributed by atoms with Crippen molar-refractivity contribution in [2.24, 2.45) is 0 Å². The minimum atomic E-state index is -4.26. The first-order chi connectivity index (χ1) is 7.01. The van der Waals surface area contributed by atoms with Gasteiger partial charge < -0.3 is 4.74 Å². The second-order valence-electron chi connectivity index (χ2n) is 2.77. The molecule has 0 bridgehead atoms. The highest BCUT2D eigenvalue weighted by molar-refractivity contribution is 7.11. The quantitative estimate of drug-likeness (QED) is 0.599. The van der Waals surface area contributed by atoms with Crippen LogP contribution in [-0.2, 0) is 17.0 Å². The highest BCUT2D eigenvalue weighted by Crippen LogP contribution is 2.17. The molecule has 0 radical (unpaired) electrons. The van der Waals surface area contributed by atoms with Gasteiger partial charge in [-0.2, -0.15) is 13.2 Å². The maximum absolute atomic E-state index is 11.7. The lowest BCUT2D eigenvalue weighted by molar-refractivity contribution is -0.173. The van der Waals surface area contributed by atoms with Crippen LogP contribution in [0.3, 0.4) is 0 Å². The van der Waals surface area contributed by atoms with E-state index in [-0.39, 0.29) is 6.61 Å². The van der Waals surface area contributed by atoms with E-state index in [0.29, 0.717) is 12.3 Å². The number of alkyl halides is 4. The van der Waals surface area contributed by atoms with Crippen LogP contribution in [0.5, 0.6) is 0 Å². The lowest BCUT2D eigenvalue weighted by Gasteiger charge is -2.05. The monoisotopic (exact) mass is 259 g/mol. The molecule has 1 aromatic heterocycles. The summed E-state index contributed by atoms with van der Waals surface area (Å²) in [5.74, 6) is 0.376. The average Bonchev–Trinajstić information content (AvgIpc) is 2.59. The molecule has 1 aromatic rings. The van der Waals surface area contributed by atoms with Gasteiger partial charge in [-0.1, -0.05) is 0 Å². The highest BCUT2D eigenvalue weighted by atomic mass is 35.5. The number of hydrogen-bond acceptors (Lipinski definition) is 3. The Balaban J connectivity index is 2.20. The summed E-state index contributed by atoms with van der Waals surface area (Å²) in [7, 11) is 0. The summed E-state index contributed by atoms with van der Waals surface area (Å²) in [6.07, 6.45) is -2.25. The van der Waals surface area contributed by atoms with Crippen molar-refractivity contribution in [3.05, 3.63) is 16.1 Å². The number of hydrogen-bond donors (Lipinski definition) is 0.